The molecule has 0 N–H and O–H groups in total. The van der Waals surface area contributed by atoms with E-state index in [1.165, 1.54) is 16.7 Å². The molecule has 0 atom stereocenters. The number of hydrogen-bond donors (Lipinski definition) is 0. The first kappa shape index (κ1) is 89.5. The van der Waals surface area contributed by atoms with Gasteiger partial charge in [0, 0.05) is 83.2 Å². The minimum absolute atomic E-state index is 0.0179. The Kier molecular flexibility index (Phi) is 28.3. The normalized spacial score (nSPS) is 11.4. The molecule has 0 saturated carbocycles. The summed E-state index contributed by atoms with van der Waals surface area (Å²) in [5, 5.41) is 0. The molecule has 5 heterocycles. The van der Waals surface area contributed by atoms with Crippen LogP contribution in [0.1, 0.15) is 132 Å². The molecule has 18 aromatic rings. The lowest BCUT2D eigenvalue weighted by Crippen LogP contribution is -2.16. The second-order valence-electron chi connectivity index (χ2n) is 36.8. The highest BCUT2D eigenvalue weighted by Crippen LogP contribution is 2.36. The predicted molar refractivity (Wildman–Crippen MR) is 532 cm³/mol. The minimum atomic E-state index is -0.0890. The smallest absolute Gasteiger partial charge is 0.164 e. The van der Waals surface area contributed by atoms with E-state index >= 15 is 0 Å². The topological polar surface area (TPSA) is 142 Å². The summed E-state index contributed by atoms with van der Waals surface area (Å²) >= 11 is 0. The van der Waals surface area contributed by atoms with Crippen LogP contribution in [0.25, 0.3) is 147 Å². The highest BCUT2D eigenvalue weighted by Gasteiger charge is 2.24. The van der Waals surface area contributed by atoms with E-state index in [0.29, 0.717) is 17.5 Å². The molecule has 13 aromatic carbocycles. The van der Waals surface area contributed by atoms with Crippen LogP contribution >= 0.6 is 0 Å². The van der Waals surface area contributed by atoms with E-state index in [1.54, 1.807) is 0 Å². The van der Waals surface area contributed by atoms with E-state index in [2.05, 4.69) is 298 Å². The van der Waals surface area contributed by atoms with Gasteiger partial charge in [0.15, 0.2) is 34.9 Å². The number of aromatic nitrogens is 11. The highest BCUT2D eigenvalue weighted by molar-refractivity contribution is 5.76. The van der Waals surface area contributed by atoms with Crippen LogP contribution in [0.2, 0.25) is 0 Å². The van der Waals surface area contributed by atoms with Crippen LogP contribution in [0.5, 0.6) is 0 Å². The van der Waals surface area contributed by atoms with Gasteiger partial charge in [0.25, 0.3) is 0 Å². The quantitative estimate of drug-likeness (QED) is 0.109. The first-order valence-electron chi connectivity index (χ1n) is 43.8. The zero-order chi connectivity index (χ0) is 89.8. The molecular formula is C117H111N11. The Morgan fingerprint density at radius 1 is 0.133 bits per heavy atom. The van der Waals surface area contributed by atoms with E-state index in [9.17, 15) is 0 Å². The maximum atomic E-state index is 4.88. The van der Waals surface area contributed by atoms with Crippen molar-refractivity contribution in [1.29, 1.82) is 0 Å². The van der Waals surface area contributed by atoms with Gasteiger partial charge in [-0.25, -0.2) is 54.8 Å². The van der Waals surface area contributed by atoms with Crippen LogP contribution in [-0.2, 0) is 27.1 Å². The Morgan fingerprint density at radius 2 is 0.297 bits per heavy atom. The van der Waals surface area contributed by atoms with Crippen LogP contribution in [0.4, 0.5) is 0 Å². The van der Waals surface area contributed by atoms with Gasteiger partial charge in [-0.2, -0.15) is 0 Å². The largest absolute Gasteiger partial charge is 0.232 e. The Labute approximate surface area is 756 Å². The molecule has 0 aliphatic rings. The number of benzene rings is 13. The second kappa shape index (κ2) is 40.4. The van der Waals surface area contributed by atoms with Crippen molar-refractivity contribution in [3.8, 4) is 147 Å². The van der Waals surface area contributed by atoms with Gasteiger partial charge in [-0.1, -0.05) is 480 Å². The molecule has 634 valence electrons. The monoisotopic (exact) mass is 1670 g/mol. The first-order chi connectivity index (χ1) is 61.6. The van der Waals surface area contributed by atoms with Gasteiger partial charge < -0.3 is 0 Å². The maximum absolute atomic E-state index is 4.88. The Morgan fingerprint density at radius 3 is 0.500 bits per heavy atom. The average Bonchev–Trinajstić information content (AvgIpc) is 0.813. The summed E-state index contributed by atoms with van der Waals surface area (Å²) in [7, 11) is 0. The fourth-order valence-electron chi connectivity index (χ4n) is 14.1. The van der Waals surface area contributed by atoms with Gasteiger partial charge in [-0.3, -0.25) is 0 Å². The second-order valence-corrected chi connectivity index (χ2v) is 36.8. The van der Waals surface area contributed by atoms with Crippen molar-refractivity contribution in [2.75, 3.05) is 0 Å². The molecule has 0 unspecified atom stereocenters. The minimum Gasteiger partial charge on any atom is -0.232 e. The van der Waals surface area contributed by atoms with Crippen molar-refractivity contribution in [3.05, 3.63) is 429 Å². The predicted octanol–water partition coefficient (Wildman–Crippen LogP) is 29.9. The summed E-state index contributed by atoms with van der Waals surface area (Å²) < 4.78 is 0. The third-order valence-corrected chi connectivity index (χ3v) is 21.6. The van der Waals surface area contributed by atoms with Crippen molar-refractivity contribution < 1.29 is 0 Å². The molecular weight excluding hydrogens is 1560 g/mol. The standard InChI is InChI=1S/2C26H24N2.C25H23N3.2C20H20N2/c1-26(2,3)22-16-14-20(15-17-22)24-18-23(19-10-6-4-7-11-19)27-25(28-24)21-12-8-5-9-13-21;1-26(2,3)22-16-14-21(15-17-22)25-27-23(19-10-6-4-7-11-19)18-24(28-25)20-12-8-5-9-13-20;1-25(2,3)21-16-14-20(15-17-21)24-27-22(18-10-6-4-7-11-18)26-23(28-24)19-12-8-5-9-13-19;1-20(2,3)18-14-17(15-10-6-4-7-11-15)21-19(22-18)16-12-8-5-9-13-16;1-20(2,3)19-21-17(15-10-6-4-7-11-15)14-18(22-19)16-12-8-5-9-13-16/h2*4-18H,1-3H3;4-17H,1-3H3;2*4-14H,1-3H3. The SMILES string of the molecule is CC(C)(C)c1cc(-c2ccccc2)nc(-c2ccccc2)n1.CC(C)(C)c1ccc(-c2cc(-c3ccccc3)nc(-c3ccccc3)n2)cc1.CC(C)(C)c1ccc(-c2nc(-c3ccccc3)cc(-c3ccccc3)n2)cc1.CC(C)(C)c1ccc(-c2nc(-c3ccccc3)nc(-c3ccccc3)n2)cc1.CC(C)(C)c1nc(-c2ccccc2)cc(-c2ccccc2)n1. The molecule has 5 aromatic heterocycles. The lowest BCUT2D eigenvalue weighted by Gasteiger charge is -2.19. The van der Waals surface area contributed by atoms with Gasteiger partial charge >= 0.3 is 0 Å². The fourth-order valence-corrected chi connectivity index (χ4v) is 14.1. The molecule has 0 aliphatic carbocycles. The first-order valence-corrected chi connectivity index (χ1v) is 43.8. The third-order valence-electron chi connectivity index (χ3n) is 21.6. The van der Waals surface area contributed by atoms with E-state index in [-0.39, 0.29) is 27.1 Å². The van der Waals surface area contributed by atoms with E-state index in [4.69, 9.17) is 54.8 Å². The molecule has 0 aliphatic heterocycles. The van der Waals surface area contributed by atoms with Gasteiger partial charge in [-0.15, -0.1) is 0 Å². The Hall–Kier alpha value is -14.8. The molecule has 0 amide bonds. The summed E-state index contributed by atoms with van der Waals surface area (Å²) in [5.41, 5.74) is 25.7. The summed E-state index contributed by atoms with van der Waals surface area (Å²) in [6.07, 6.45) is 0. The van der Waals surface area contributed by atoms with Gasteiger partial charge in [-0.05, 0) is 57.2 Å². The average molecular weight is 1670 g/mol. The molecule has 11 nitrogen and oxygen atoms in total. The van der Waals surface area contributed by atoms with Crippen molar-refractivity contribution >= 4 is 0 Å². The highest BCUT2D eigenvalue weighted by atomic mass is 15.0. The lowest BCUT2D eigenvalue weighted by atomic mass is 9.86. The Balaban J connectivity index is 0.000000130. The van der Waals surface area contributed by atoms with Crippen LogP contribution in [0.15, 0.2) is 400 Å². The molecule has 128 heavy (non-hydrogen) atoms. The van der Waals surface area contributed by atoms with E-state index < -0.39 is 0 Å². The summed E-state index contributed by atoms with van der Waals surface area (Å²) in [4.78, 5) is 52.9. The van der Waals surface area contributed by atoms with Crippen molar-refractivity contribution in [1.82, 2.24) is 54.8 Å². The van der Waals surface area contributed by atoms with Crippen molar-refractivity contribution in [2.45, 2.75) is 131 Å². The maximum Gasteiger partial charge on any atom is 0.164 e. The molecule has 0 saturated heterocycles. The molecule has 0 bridgehead atoms. The van der Waals surface area contributed by atoms with Gasteiger partial charge in [0.1, 0.15) is 5.82 Å². The third kappa shape index (κ3) is 24.0. The molecule has 11 heteroatoms. The van der Waals surface area contributed by atoms with Crippen molar-refractivity contribution in [2.24, 2.45) is 0 Å². The van der Waals surface area contributed by atoms with Gasteiger partial charge in [0.2, 0.25) is 0 Å². The summed E-state index contributed by atoms with van der Waals surface area (Å²) in [6.45, 7) is 33.0. The van der Waals surface area contributed by atoms with E-state index in [1.807, 2.05) is 206 Å². The molecule has 0 fully saturated rings. The zero-order valence-electron chi connectivity index (χ0n) is 76.0. The number of rotatable bonds is 13. The number of hydrogen-bond acceptors (Lipinski definition) is 11. The van der Waals surface area contributed by atoms with E-state index in [0.717, 1.165) is 141 Å². The molecule has 0 spiro atoms. The molecule has 18 rings (SSSR count). The van der Waals surface area contributed by atoms with Crippen LogP contribution in [0.3, 0.4) is 0 Å². The van der Waals surface area contributed by atoms with Crippen molar-refractivity contribution in [3.63, 3.8) is 0 Å². The van der Waals surface area contributed by atoms with Crippen LogP contribution in [-0.4, -0.2) is 54.8 Å². The molecule has 0 radical (unpaired) electrons. The van der Waals surface area contributed by atoms with Crippen LogP contribution < -0.4 is 0 Å². The lowest BCUT2D eigenvalue weighted by molar-refractivity contribution is 0.547. The number of nitrogens with zero attached hydrogens (tertiary/aromatic N) is 11. The summed E-state index contributed by atoms with van der Waals surface area (Å²) in [5.74, 6) is 5.21. The van der Waals surface area contributed by atoms with Gasteiger partial charge in [0.05, 0.1) is 45.6 Å². The summed E-state index contributed by atoms with van der Waals surface area (Å²) in [6, 6.07) is 136. The zero-order valence-corrected chi connectivity index (χ0v) is 76.0. The Bertz CT molecular complexity index is 5720. The fraction of sp³-hybridized carbons (Fsp3) is 0.171. The van der Waals surface area contributed by atoms with Crippen LogP contribution in [0, 0.1) is 0 Å².